The fourth-order valence-electron chi connectivity index (χ4n) is 2.34. The zero-order valence-electron chi connectivity index (χ0n) is 13.4. The normalized spacial score (nSPS) is 9.88. The van der Waals surface area contributed by atoms with E-state index in [9.17, 15) is 4.79 Å². The van der Waals surface area contributed by atoms with E-state index in [1.807, 2.05) is 36.4 Å². The Morgan fingerprint density at radius 3 is 2.60 bits per heavy atom. The summed E-state index contributed by atoms with van der Waals surface area (Å²) in [6, 6.07) is 22.4. The smallest absolute Gasteiger partial charge is 0.274 e. The minimum atomic E-state index is -0.355. The van der Waals surface area contributed by atoms with Crippen LogP contribution in [0.4, 0.5) is 11.4 Å². The highest BCUT2D eigenvalue weighted by atomic mass is 16.1. The maximum atomic E-state index is 12.4. The standard InChI is InChI=1S/C20H16N4O/c21-13-16-8-4-5-9-18(16)24-20(25)19-12-17(10-11-22-19)23-14-15-6-2-1-3-7-15/h1-12H,14H2,(H,22,23)(H,24,25). The molecule has 1 heterocycles. The van der Waals surface area contributed by atoms with Crippen LogP contribution in [0.3, 0.4) is 0 Å². The van der Waals surface area contributed by atoms with Gasteiger partial charge in [0.05, 0.1) is 11.3 Å². The molecule has 5 heteroatoms. The highest BCUT2D eigenvalue weighted by Gasteiger charge is 2.10. The Kier molecular flexibility index (Phi) is 5.03. The van der Waals surface area contributed by atoms with E-state index >= 15 is 0 Å². The summed E-state index contributed by atoms with van der Waals surface area (Å²) in [5.74, 6) is -0.355. The fourth-order valence-corrected chi connectivity index (χ4v) is 2.34. The second-order valence-electron chi connectivity index (χ2n) is 5.38. The molecule has 2 aromatic carbocycles. The number of nitrogens with one attached hydrogen (secondary N) is 2. The largest absolute Gasteiger partial charge is 0.381 e. The highest BCUT2D eigenvalue weighted by Crippen LogP contribution is 2.16. The molecule has 0 saturated carbocycles. The number of benzene rings is 2. The maximum Gasteiger partial charge on any atom is 0.274 e. The first kappa shape index (κ1) is 16.2. The quantitative estimate of drug-likeness (QED) is 0.746. The molecule has 0 radical (unpaired) electrons. The van der Waals surface area contributed by atoms with Crippen LogP contribution >= 0.6 is 0 Å². The van der Waals surface area contributed by atoms with Gasteiger partial charge in [-0.05, 0) is 29.8 Å². The van der Waals surface area contributed by atoms with Crippen LogP contribution < -0.4 is 10.6 Å². The number of nitrogens with zero attached hydrogens (tertiary/aromatic N) is 2. The van der Waals surface area contributed by atoms with Gasteiger partial charge in [-0.2, -0.15) is 5.26 Å². The third kappa shape index (κ3) is 4.21. The molecular formula is C20H16N4O. The Hall–Kier alpha value is -3.65. The summed E-state index contributed by atoms with van der Waals surface area (Å²) < 4.78 is 0. The van der Waals surface area contributed by atoms with Crippen molar-refractivity contribution < 1.29 is 4.79 Å². The van der Waals surface area contributed by atoms with E-state index < -0.39 is 0 Å². The third-order valence-corrected chi connectivity index (χ3v) is 3.63. The topological polar surface area (TPSA) is 77.8 Å². The molecular weight excluding hydrogens is 312 g/mol. The van der Waals surface area contributed by atoms with E-state index in [1.165, 1.54) is 0 Å². The second-order valence-corrected chi connectivity index (χ2v) is 5.38. The van der Waals surface area contributed by atoms with Crippen LogP contribution in [0.1, 0.15) is 21.6 Å². The summed E-state index contributed by atoms with van der Waals surface area (Å²) in [6.45, 7) is 0.656. The Morgan fingerprint density at radius 2 is 1.80 bits per heavy atom. The lowest BCUT2D eigenvalue weighted by Crippen LogP contribution is -2.15. The molecule has 0 aliphatic carbocycles. The van der Waals surface area contributed by atoms with E-state index in [0.717, 1.165) is 11.3 Å². The van der Waals surface area contributed by atoms with Crippen molar-refractivity contribution >= 4 is 17.3 Å². The van der Waals surface area contributed by atoms with Gasteiger partial charge < -0.3 is 10.6 Å². The van der Waals surface area contributed by atoms with Gasteiger partial charge in [-0.3, -0.25) is 9.78 Å². The maximum absolute atomic E-state index is 12.4. The van der Waals surface area contributed by atoms with Gasteiger partial charge in [-0.25, -0.2) is 0 Å². The van der Waals surface area contributed by atoms with Crippen molar-refractivity contribution in [3.8, 4) is 6.07 Å². The molecule has 0 saturated heterocycles. The van der Waals surface area contributed by atoms with Crippen LogP contribution in [-0.4, -0.2) is 10.9 Å². The number of rotatable bonds is 5. The van der Waals surface area contributed by atoms with Crippen molar-refractivity contribution in [1.29, 1.82) is 5.26 Å². The summed E-state index contributed by atoms with van der Waals surface area (Å²) in [5, 5.41) is 15.1. The number of carbonyl (C=O) groups excluding carboxylic acids is 1. The lowest BCUT2D eigenvalue weighted by atomic mass is 10.2. The molecule has 0 atom stereocenters. The van der Waals surface area contributed by atoms with Crippen LogP contribution in [0.25, 0.3) is 0 Å². The van der Waals surface area contributed by atoms with Crippen molar-refractivity contribution in [3.05, 3.63) is 89.7 Å². The molecule has 1 amide bonds. The molecule has 5 nitrogen and oxygen atoms in total. The number of anilines is 2. The number of nitriles is 1. The van der Waals surface area contributed by atoms with Gasteiger partial charge in [0.15, 0.2) is 0 Å². The first-order valence-corrected chi connectivity index (χ1v) is 7.80. The average molecular weight is 328 g/mol. The summed E-state index contributed by atoms with van der Waals surface area (Å²) in [4.78, 5) is 16.5. The first-order valence-electron chi connectivity index (χ1n) is 7.80. The predicted octanol–water partition coefficient (Wildman–Crippen LogP) is 3.82. The first-order chi connectivity index (χ1) is 12.3. The lowest BCUT2D eigenvalue weighted by molar-refractivity contribution is 0.102. The highest BCUT2D eigenvalue weighted by molar-refractivity contribution is 6.04. The van der Waals surface area contributed by atoms with Crippen LogP contribution in [0.15, 0.2) is 72.9 Å². The van der Waals surface area contributed by atoms with E-state index in [4.69, 9.17) is 5.26 Å². The van der Waals surface area contributed by atoms with E-state index in [2.05, 4.69) is 21.7 Å². The van der Waals surface area contributed by atoms with Crippen molar-refractivity contribution in [2.45, 2.75) is 6.54 Å². The molecule has 2 N–H and O–H groups in total. The third-order valence-electron chi connectivity index (χ3n) is 3.63. The number of hydrogen-bond donors (Lipinski definition) is 2. The van der Waals surface area contributed by atoms with Crippen molar-refractivity contribution in [3.63, 3.8) is 0 Å². The summed E-state index contributed by atoms with van der Waals surface area (Å²) >= 11 is 0. The Labute approximate surface area is 146 Å². The Bertz CT molecular complexity index is 916. The summed E-state index contributed by atoms with van der Waals surface area (Å²) in [5.41, 5.74) is 3.12. The molecule has 0 aliphatic heterocycles. The van der Waals surface area contributed by atoms with Crippen LogP contribution in [0, 0.1) is 11.3 Å². The molecule has 0 fully saturated rings. The predicted molar refractivity (Wildman–Crippen MR) is 97.1 cm³/mol. The van der Waals surface area contributed by atoms with E-state index in [1.54, 1.807) is 36.5 Å². The molecule has 25 heavy (non-hydrogen) atoms. The minimum absolute atomic E-state index is 0.283. The zero-order valence-corrected chi connectivity index (χ0v) is 13.4. The lowest BCUT2D eigenvalue weighted by Gasteiger charge is -2.09. The van der Waals surface area contributed by atoms with Gasteiger partial charge in [0.25, 0.3) is 5.91 Å². The van der Waals surface area contributed by atoms with Crippen molar-refractivity contribution in [2.75, 3.05) is 10.6 Å². The summed E-state index contributed by atoms with van der Waals surface area (Å²) in [7, 11) is 0. The van der Waals surface area contributed by atoms with Crippen molar-refractivity contribution in [2.24, 2.45) is 0 Å². The van der Waals surface area contributed by atoms with Crippen LogP contribution in [0.5, 0.6) is 0 Å². The Morgan fingerprint density at radius 1 is 1.04 bits per heavy atom. The molecule has 0 aliphatic rings. The van der Waals surface area contributed by atoms with Crippen molar-refractivity contribution in [1.82, 2.24) is 4.98 Å². The zero-order chi connectivity index (χ0) is 17.5. The molecule has 3 aromatic rings. The molecule has 3 rings (SSSR count). The summed E-state index contributed by atoms with van der Waals surface area (Å²) in [6.07, 6.45) is 1.58. The molecule has 0 bridgehead atoms. The van der Waals surface area contributed by atoms with Gasteiger partial charge in [0.1, 0.15) is 11.8 Å². The monoisotopic (exact) mass is 328 g/mol. The molecule has 0 unspecified atom stereocenters. The number of amides is 1. The second kappa shape index (κ2) is 7.75. The number of hydrogen-bond acceptors (Lipinski definition) is 4. The van der Waals surface area contributed by atoms with Gasteiger partial charge >= 0.3 is 0 Å². The van der Waals surface area contributed by atoms with E-state index in [-0.39, 0.29) is 11.6 Å². The fraction of sp³-hybridized carbons (Fsp3) is 0.0500. The number of pyridine rings is 1. The van der Waals surface area contributed by atoms with Crippen LogP contribution in [-0.2, 0) is 6.54 Å². The number of para-hydroxylation sites is 1. The van der Waals surface area contributed by atoms with Gasteiger partial charge in [0, 0.05) is 18.4 Å². The Balaban J connectivity index is 1.70. The average Bonchev–Trinajstić information content (AvgIpc) is 2.68. The van der Waals surface area contributed by atoms with Gasteiger partial charge in [-0.1, -0.05) is 42.5 Å². The van der Waals surface area contributed by atoms with Crippen LogP contribution in [0.2, 0.25) is 0 Å². The minimum Gasteiger partial charge on any atom is -0.381 e. The number of carbonyl (C=O) groups is 1. The van der Waals surface area contributed by atoms with E-state index in [0.29, 0.717) is 17.8 Å². The SMILES string of the molecule is N#Cc1ccccc1NC(=O)c1cc(NCc2ccccc2)ccn1. The number of aromatic nitrogens is 1. The molecule has 0 spiro atoms. The van der Waals surface area contributed by atoms with Gasteiger partial charge in [0.2, 0.25) is 0 Å². The molecule has 122 valence electrons. The van der Waals surface area contributed by atoms with Gasteiger partial charge in [-0.15, -0.1) is 0 Å². The molecule has 1 aromatic heterocycles.